The summed E-state index contributed by atoms with van der Waals surface area (Å²) in [5, 5.41) is 0. The molecule has 0 saturated carbocycles. The first kappa shape index (κ1) is 34.9. The minimum atomic E-state index is -0.504. The fourth-order valence-electron chi connectivity index (χ4n) is 4.71. The molecule has 0 saturated heterocycles. The molecule has 1 aliphatic heterocycles. The van der Waals surface area contributed by atoms with Crippen LogP contribution in [0.2, 0.25) is 0 Å². The first-order valence-corrected chi connectivity index (χ1v) is 14.3. The van der Waals surface area contributed by atoms with Crippen molar-refractivity contribution >= 4 is 34.8 Å². The van der Waals surface area contributed by atoms with Crippen molar-refractivity contribution < 1.29 is 38.0 Å². The van der Waals surface area contributed by atoms with Gasteiger partial charge in [-0.25, -0.2) is 4.79 Å². The van der Waals surface area contributed by atoms with E-state index in [1.54, 1.807) is 34.5 Å². The number of carbonyl (C=O) groups excluding carboxylic acids is 2. The summed E-state index contributed by atoms with van der Waals surface area (Å²) < 4.78 is 35.8. The summed E-state index contributed by atoms with van der Waals surface area (Å²) in [6, 6.07) is 0. The topological polar surface area (TPSA) is 89.5 Å². The van der Waals surface area contributed by atoms with E-state index in [1.807, 2.05) is 19.1 Å². The summed E-state index contributed by atoms with van der Waals surface area (Å²) in [6.45, 7) is 6.16. The van der Waals surface area contributed by atoms with Gasteiger partial charge in [0.2, 0.25) is 0 Å². The van der Waals surface area contributed by atoms with Gasteiger partial charge in [-0.05, 0) is 23.8 Å². The summed E-state index contributed by atoms with van der Waals surface area (Å²) in [7, 11) is 8.19. The maximum Gasteiger partial charge on any atom is 0.330 e. The van der Waals surface area contributed by atoms with E-state index >= 15 is 0 Å². The van der Waals surface area contributed by atoms with Gasteiger partial charge >= 0.3 is 5.97 Å². The molecular formula is C29H47IO8. The number of ether oxygens (including phenoxy) is 6. The highest BCUT2D eigenvalue weighted by Gasteiger charge is 2.33. The molecule has 1 rings (SSSR count). The average Bonchev–Trinajstić information content (AvgIpc) is 2.92. The predicted octanol–water partition coefficient (Wildman–Crippen LogP) is 5.23. The van der Waals surface area contributed by atoms with Gasteiger partial charge in [0, 0.05) is 72.7 Å². The Bertz CT molecular complexity index is 795. The van der Waals surface area contributed by atoms with Gasteiger partial charge in [-0.2, -0.15) is 0 Å². The fraction of sp³-hybridized carbons (Fsp3) is 0.724. The van der Waals surface area contributed by atoms with Crippen LogP contribution in [0.25, 0.3) is 0 Å². The largest absolute Gasteiger partial charge is 0.458 e. The molecule has 0 bridgehead atoms. The highest BCUT2D eigenvalue weighted by atomic mass is 127. The van der Waals surface area contributed by atoms with Crippen LogP contribution >= 0.6 is 22.6 Å². The second kappa shape index (κ2) is 19.0. The van der Waals surface area contributed by atoms with Gasteiger partial charge in [0.15, 0.2) is 0 Å². The molecule has 0 aromatic heterocycles. The van der Waals surface area contributed by atoms with Crippen LogP contribution in [-0.4, -0.2) is 84.4 Å². The second-order valence-corrected chi connectivity index (χ2v) is 10.6. The first-order chi connectivity index (χ1) is 18.1. The lowest BCUT2D eigenvalue weighted by Crippen LogP contribution is -2.38. The number of hydrogen-bond donors (Lipinski definition) is 0. The van der Waals surface area contributed by atoms with Crippen LogP contribution < -0.4 is 0 Å². The Morgan fingerprint density at radius 2 is 1.63 bits per heavy atom. The van der Waals surface area contributed by atoms with Crippen LogP contribution in [0.1, 0.15) is 52.9 Å². The van der Waals surface area contributed by atoms with E-state index in [-0.39, 0.29) is 48.3 Å². The van der Waals surface area contributed by atoms with E-state index < -0.39 is 6.10 Å². The van der Waals surface area contributed by atoms with Crippen molar-refractivity contribution in [3.63, 3.8) is 0 Å². The van der Waals surface area contributed by atoms with Crippen LogP contribution in [0.3, 0.4) is 0 Å². The van der Waals surface area contributed by atoms with Crippen molar-refractivity contribution in [3.8, 4) is 0 Å². The van der Waals surface area contributed by atoms with Gasteiger partial charge in [-0.3, -0.25) is 0 Å². The number of carbonyl (C=O) groups is 2. The molecule has 8 nitrogen and oxygen atoms in total. The van der Waals surface area contributed by atoms with Crippen molar-refractivity contribution in [2.75, 3.05) is 35.5 Å². The summed E-state index contributed by atoms with van der Waals surface area (Å²) >= 11 is 2.24. The Morgan fingerprint density at radius 3 is 2.16 bits per heavy atom. The molecule has 0 fully saturated rings. The van der Waals surface area contributed by atoms with Crippen LogP contribution in [0.15, 0.2) is 33.5 Å². The summed E-state index contributed by atoms with van der Waals surface area (Å²) in [5.74, 6) is -0.323. The van der Waals surface area contributed by atoms with Crippen molar-refractivity contribution in [3.05, 3.63) is 33.5 Å². The lowest BCUT2D eigenvalue weighted by molar-refractivity contribution is -0.150. The third-order valence-corrected chi connectivity index (χ3v) is 8.36. The zero-order valence-electron chi connectivity index (χ0n) is 24.2. The van der Waals surface area contributed by atoms with Crippen molar-refractivity contribution in [2.24, 2.45) is 11.8 Å². The number of methoxy groups -OCH3 is 5. The molecule has 1 aliphatic rings. The molecule has 218 valence electrons. The number of halogens is 1. The van der Waals surface area contributed by atoms with Crippen LogP contribution in [0, 0.1) is 11.8 Å². The molecule has 8 atom stereocenters. The SMILES string of the molecule is CO[C@@H](CC1=CC(=O)O[C@@H]([C@H](C)[C@H](C[C@@H](C=C[C@H](C)[C@H](C[C@H](C=O)OC)OC)OC)OC)C1)C/C(C)=C/I. The van der Waals surface area contributed by atoms with E-state index in [0.717, 1.165) is 18.3 Å². The maximum absolute atomic E-state index is 12.4. The van der Waals surface area contributed by atoms with Crippen molar-refractivity contribution in [1.29, 1.82) is 0 Å². The Kier molecular flexibility index (Phi) is 17.5. The molecular weight excluding hydrogens is 603 g/mol. The molecule has 0 radical (unpaired) electrons. The van der Waals surface area contributed by atoms with E-state index in [1.165, 1.54) is 12.7 Å². The van der Waals surface area contributed by atoms with Gasteiger partial charge in [0.05, 0.1) is 24.4 Å². The number of aldehydes is 1. The zero-order valence-corrected chi connectivity index (χ0v) is 26.3. The van der Waals surface area contributed by atoms with Crippen molar-refractivity contribution in [1.82, 2.24) is 0 Å². The lowest BCUT2D eigenvalue weighted by Gasteiger charge is -2.34. The van der Waals surface area contributed by atoms with E-state index in [0.29, 0.717) is 25.7 Å². The van der Waals surface area contributed by atoms with Gasteiger partial charge in [-0.1, -0.05) is 59.7 Å². The fourth-order valence-corrected chi connectivity index (χ4v) is 4.97. The number of cyclic esters (lactones) is 1. The molecule has 0 spiro atoms. The second-order valence-electron chi connectivity index (χ2n) is 10.0. The lowest BCUT2D eigenvalue weighted by atomic mass is 9.86. The standard InChI is InChI=1S/C29H47IO8/c1-19(17-30)11-24(34-5)12-22-13-28(38-29(32)14-22)21(3)27(37-8)15-23(33-4)10-9-20(2)26(36-7)16-25(18-31)35-6/h9-10,14,17-18,20-21,23-28H,11-13,15-16H2,1-8H3/b10-9?,19-17+/t20-,21+,23+,24+,25+,26-,27-,28+/m0/s1. The van der Waals surface area contributed by atoms with Crippen LogP contribution in [0.4, 0.5) is 0 Å². The smallest absolute Gasteiger partial charge is 0.330 e. The Labute approximate surface area is 242 Å². The molecule has 1 heterocycles. The molecule has 0 aromatic carbocycles. The van der Waals surface area contributed by atoms with Crippen LogP contribution in [0.5, 0.6) is 0 Å². The number of rotatable bonds is 19. The summed E-state index contributed by atoms with van der Waals surface area (Å²) in [6.07, 6.45) is 8.30. The van der Waals surface area contributed by atoms with Gasteiger partial charge in [-0.15, -0.1) is 0 Å². The molecule has 0 aliphatic carbocycles. The molecule has 0 unspecified atom stereocenters. The third kappa shape index (κ3) is 12.0. The Morgan fingerprint density at radius 1 is 1.00 bits per heavy atom. The molecule has 0 amide bonds. The predicted molar refractivity (Wildman–Crippen MR) is 156 cm³/mol. The molecule has 0 N–H and O–H groups in total. The molecule has 9 heteroatoms. The Hall–Kier alpha value is -1.11. The highest BCUT2D eigenvalue weighted by Crippen LogP contribution is 2.31. The quantitative estimate of drug-likeness (QED) is 0.0814. The highest BCUT2D eigenvalue weighted by molar-refractivity contribution is 14.1. The van der Waals surface area contributed by atoms with E-state index in [4.69, 9.17) is 28.4 Å². The number of hydrogen-bond acceptors (Lipinski definition) is 8. The first-order valence-electron chi connectivity index (χ1n) is 13.1. The van der Waals surface area contributed by atoms with Gasteiger partial charge in [0.25, 0.3) is 0 Å². The third-order valence-electron chi connectivity index (χ3n) is 7.29. The zero-order chi connectivity index (χ0) is 28.7. The van der Waals surface area contributed by atoms with E-state index in [2.05, 4.69) is 40.5 Å². The minimum Gasteiger partial charge on any atom is -0.458 e. The monoisotopic (exact) mass is 650 g/mol. The molecule has 38 heavy (non-hydrogen) atoms. The summed E-state index contributed by atoms with van der Waals surface area (Å²) in [4.78, 5) is 23.6. The van der Waals surface area contributed by atoms with Gasteiger partial charge in [0.1, 0.15) is 18.5 Å². The van der Waals surface area contributed by atoms with Crippen LogP contribution in [-0.2, 0) is 38.0 Å². The summed E-state index contributed by atoms with van der Waals surface area (Å²) in [5.41, 5.74) is 2.28. The van der Waals surface area contributed by atoms with Gasteiger partial charge < -0.3 is 33.2 Å². The molecule has 0 aromatic rings. The normalized spacial score (nSPS) is 22.2. The minimum absolute atomic E-state index is 0.0129. The Balaban J connectivity index is 2.85. The number of esters is 1. The average molecular weight is 651 g/mol. The maximum atomic E-state index is 12.4. The van der Waals surface area contributed by atoms with Crippen molar-refractivity contribution in [2.45, 2.75) is 89.5 Å². The van der Waals surface area contributed by atoms with E-state index in [9.17, 15) is 9.59 Å².